The number of likely N-dealkylation sites (tertiary alicyclic amines) is 1. The third kappa shape index (κ3) is 4.12. The van der Waals surface area contributed by atoms with Gasteiger partial charge in [-0.15, -0.1) is 0 Å². The molecule has 1 atom stereocenters. The largest absolute Gasteiger partial charge is 0.484 e. The smallest absolute Gasteiger partial charge is 0.260 e. The number of hydrogen-bond donors (Lipinski definition) is 1. The predicted molar refractivity (Wildman–Crippen MR) is 78.0 cm³/mol. The van der Waals surface area contributed by atoms with Crippen LogP contribution in [0.2, 0.25) is 5.02 Å². The molecule has 1 fully saturated rings. The summed E-state index contributed by atoms with van der Waals surface area (Å²) in [5, 5.41) is 9.99. The summed E-state index contributed by atoms with van der Waals surface area (Å²) in [4.78, 5) is 14.0. The zero-order valence-electron chi connectivity index (χ0n) is 11.4. The maximum Gasteiger partial charge on any atom is 0.260 e. The van der Waals surface area contributed by atoms with Crippen molar-refractivity contribution in [3.8, 4) is 5.75 Å². The minimum absolute atomic E-state index is 0.0168. The van der Waals surface area contributed by atoms with Gasteiger partial charge in [0.05, 0.1) is 12.6 Å². The molecule has 0 bridgehead atoms. The lowest BCUT2D eigenvalue weighted by molar-refractivity contribution is -0.136. The maximum absolute atomic E-state index is 12.2. The molecular weight excluding hydrogens is 278 g/mol. The number of amides is 1. The number of aliphatic hydroxyl groups excluding tert-OH is 1. The normalized spacial score (nSPS) is 19.5. The van der Waals surface area contributed by atoms with Crippen molar-refractivity contribution in [3.63, 3.8) is 0 Å². The van der Waals surface area contributed by atoms with Crippen LogP contribution in [0, 0.1) is 0 Å². The fourth-order valence-electron chi connectivity index (χ4n) is 2.48. The summed E-state index contributed by atoms with van der Waals surface area (Å²) in [7, 11) is 0. The summed E-state index contributed by atoms with van der Waals surface area (Å²) in [5.41, 5.74) is 0. The van der Waals surface area contributed by atoms with Crippen molar-refractivity contribution in [1.29, 1.82) is 0 Å². The molecule has 5 heteroatoms. The fourth-order valence-corrected chi connectivity index (χ4v) is 2.66. The quantitative estimate of drug-likeness (QED) is 0.929. The molecule has 1 aromatic rings. The predicted octanol–water partition coefficient (Wildman–Crippen LogP) is 2.48. The number of hydrogen-bond acceptors (Lipinski definition) is 3. The first-order valence-electron chi connectivity index (χ1n) is 6.99. The van der Waals surface area contributed by atoms with Crippen LogP contribution in [0.25, 0.3) is 0 Å². The summed E-state index contributed by atoms with van der Waals surface area (Å²) in [6.45, 7) is 0.697. The molecule has 4 nitrogen and oxygen atoms in total. The number of carbonyl (C=O) groups excluding carboxylic acids is 1. The van der Waals surface area contributed by atoms with Gasteiger partial charge in [-0.25, -0.2) is 0 Å². The second-order valence-electron chi connectivity index (χ2n) is 5.02. The summed E-state index contributed by atoms with van der Waals surface area (Å²) in [6, 6.07) is 6.91. The van der Waals surface area contributed by atoms with E-state index in [0.717, 1.165) is 25.7 Å². The summed E-state index contributed by atoms with van der Waals surface area (Å²) in [6.07, 6.45) is 4.01. The molecule has 1 aliphatic rings. The monoisotopic (exact) mass is 297 g/mol. The molecule has 1 unspecified atom stereocenters. The molecule has 1 N–H and O–H groups in total. The topological polar surface area (TPSA) is 49.8 Å². The molecule has 110 valence electrons. The van der Waals surface area contributed by atoms with Crippen molar-refractivity contribution in [2.24, 2.45) is 0 Å². The second kappa shape index (κ2) is 7.50. The van der Waals surface area contributed by atoms with E-state index in [9.17, 15) is 9.90 Å². The first-order valence-corrected chi connectivity index (χ1v) is 7.37. The molecule has 0 aromatic heterocycles. The Balaban J connectivity index is 1.92. The molecule has 1 heterocycles. The van der Waals surface area contributed by atoms with E-state index in [1.807, 2.05) is 0 Å². The van der Waals surface area contributed by atoms with Gasteiger partial charge in [-0.1, -0.05) is 30.5 Å². The molecule has 2 rings (SSSR count). The Labute approximate surface area is 124 Å². The van der Waals surface area contributed by atoms with E-state index in [1.54, 1.807) is 29.2 Å². The Morgan fingerprint density at radius 1 is 1.40 bits per heavy atom. The molecule has 0 radical (unpaired) electrons. The molecule has 1 saturated heterocycles. The van der Waals surface area contributed by atoms with E-state index in [4.69, 9.17) is 16.3 Å². The van der Waals surface area contributed by atoms with Gasteiger partial charge in [0.2, 0.25) is 0 Å². The van der Waals surface area contributed by atoms with E-state index in [1.165, 1.54) is 0 Å². The third-order valence-electron chi connectivity index (χ3n) is 3.57. The number of nitrogens with zero attached hydrogens (tertiary/aromatic N) is 1. The molecule has 1 aliphatic heterocycles. The highest BCUT2D eigenvalue weighted by molar-refractivity contribution is 6.30. The van der Waals surface area contributed by atoms with Crippen LogP contribution in [-0.4, -0.2) is 41.7 Å². The fraction of sp³-hybridized carbons (Fsp3) is 0.533. The highest BCUT2D eigenvalue weighted by atomic mass is 35.5. The van der Waals surface area contributed by atoms with E-state index in [0.29, 0.717) is 17.3 Å². The van der Waals surface area contributed by atoms with Gasteiger partial charge >= 0.3 is 0 Å². The number of aliphatic hydroxyl groups is 1. The lowest BCUT2D eigenvalue weighted by Crippen LogP contribution is -2.44. The molecule has 0 aliphatic carbocycles. The first-order chi connectivity index (χ1) is 9.70. The number of benzene rings is 1. The second-order valence-corrected chi connectivity index (χ2v) is 5.46. The average Bonchev–Trinajstić information content (AvgIpc) is 2.70. The number of rotatable bonds is 4. The Morgan fingerprint density at radius 3 is 3.00 bits per heavy atom. The van der Waals surface area contributed by atoms with Crippen LogP contribution in [-0.2, 0) is 4.79 Å². The standard InChI is InChI=1S/C15H20ClNO3/c16-12-5-4-7-14(9-12)20-11-15(19)17-8-3-1-2-6-13(17)10-18/h4-5,7,9,13,18H,1-3,6,8,10-11H2. The molecular formula is C15H20ClNO3. The minimum atomic E-state index is -0.0778. The maximum atomic E-state index is 12.2. The van der Waals surface area contributed by atoms with Crippen LogP contribution in [0.3, 0.4) is 0 Å². The minimum Gasteiger partial charge on any atom is -0.484 e. The van der Waals surface area contributed by atoms with Crippen molar-refractivity contribution in [2.45, 2.75) is 31.7 Å². The van der Waals surface area contributed by atoms with Gasteiger partial charge in [0.1, 0.15) is 5.75 Å². The van der Waals surface area contributed by atoms with Crippen LogP contribution in [0.1, 0.15) is 25.7 Å². The summed E-state index contributed by atoms with van der Waals surface area (Å²) < 4.78 is 5.48. The van der Waals surface area contributed by atoms with Gasteiger partial charge in [-0.05, 0) is 31.0 Å². The molecule has 0 spiro atoms. The van der Waals surface area contributed by atoms with Crippen LogP contribution < -0.4 is 4.74 Å². The molecule has 20 heavy (non-hydrogen) atoms. The average molecular weight is 298 g/mol. The van der Waals surface area contributed by atoms with Crippen LogP contribution >= 0.6 is 11.6 Å². The SMILES string of the molecule is O=C(COc1cccc(Cl)c1)N1CCCCCC1CO. The molecule has 0 saturated carbocycles. The van der Waals surface area contributed by atoms with Gasteiger partial charge in [0.25, 0.3) is 5.91 Å². The van der Waals surface area contributed by atoms with Crippen LogP contribution in [0.5, 0.6) is 5.75 Å². The zero-order chi connectivity index (χ0) is 14.4. The Hall–Kier alpha value is -1.26. The highest BCUT2D eigenvalue weighted by Crippen LogP contribution is 2.19. The highest BCUT2D eigenvalue weighted by Gasteiger charge is 2.24. The van der Waals surface area contributed by atoms with Gasteiger partial charge in [0, 0.05) is 11.6 Å². The summed E-state index contributed by atoms with van der Waals surface area (Å²) in [5.74, 6) is 0.507. The number of carbonyl (C=O) groups is 1. The zero-order valence-corrected chi connectivity index (χ0v) is 12.2. The van der Waals surface area contributed by atoms with Gasteiger partial charge < -0.3 is 14.7 Å². The van der Waals surface area contributed by atoms with Crippen molar-refractivity contribution in [3.05, 3.63) is 29.3 Å². The number of ether oxygens (including phenoxy) is 1. The molecule has 1 amide bonds. The summed E-state index contributed by atoms with van der Waals surface area (Å²) >= 11 is 5.87. The number of halogens is 1. The lowest BCUT2D eigenvalue weighted by atomic mass is 10.1. The van der Waals surface area contributed by atoms with Gasteiger partial charge in [0.15, 0.2) is 6.61 Å². The van der Waals surface area contributed by atoms with Crippen molar-refractivity contribution < 1.29 is 14.6 Å². The Morgan fingerprint density at radius 2 is 2.25 bits per heavy atom. The van der Waals surface area contributed by atoms with Crippen molar-refractivity contribution >= 4 is 17.5 Å². The third-order valence-corrected chi connectivity index (χ3v) is 3.80. The van der Waals surface area contributed by atoms with E-state index in [-0.39, 0.29) is 25.2 Å². The first kappa shape index (κ1) is 15.1. The lowest BCUT2D eigenvalue weighted by Gasteiger charge is -2.28. The Kier molecular flexibility index (Phi) is 5.68. The van der Waals surface area contributed by atoms with E-state index >= 15 is 0 Å². The van der Waals surface area contributed by atoms with Crippen molar-refractivity contribution in [1.82, 2.24) is 4.90 Å². The molecule has 1 aromatic carbocycles. The van der Waals surface area contributed by atoms with Crippen molar-refractivity contribution in [2.75, 3.05) is 19.8 Å². The van der Waals surface area contributed by atoms with Gasteiger partial charge in [-0.3, -0.25) is 4.79 Å². The van der Waals surface area contributed by atoms with Gasteiger partial charge in [-0.2, -0.15) is 0 Å². The van der Waals surface area contributed by atoms with Crippen LogP contribution in [0.4, 0.5) is 0 Å². The van der Waals surface area contributed by atoms with E-state index < -0.39 is 0 Å². The van der Waals surface area contributed by atoms with Crippen LogP contribution in [0.15, 0.2) is 24.3 Å². The Bertz CT molecular complexity index is 452. The van der Waals surface area contributed by atoms with E-state index in [2.05, 4.69) is 0 Å².